The van der Waals surface area contributed by atoms with Gasteiger partial charge in [0.2, 0.25) is 0 Å². The maximum Gasteiger partial charge on any atom is 0.408 e. The topological polar surface area (TPSA) is 83.1 Å². The van der Waals surface area contributed by atoms with E-state index in [-0.39, 0.29) is 6.42 Å². The number of hydrogen-bond donors (Lipinski definition) is 1. The molecule has 1 aromatic rings. The second-order valence-electron chi connectivity index (χ2n) is 6.10. The number of amides is 1. The van der Waals surface area contributed by atoms with E-state index in [2.05, 4.69) is 5.32 Å². The van der Waals surface area contributed by atoms with E-state index in [1.54, 1.807) is 46.1 Å². The highest BCUT2D eigenvalue weighted by Crippen LogP contribution is 2.25. The Labute approximate surface area is 142 Å². The number of esters is 1. The van der Waals surface area contributed by atoms with Gasteiger partial charge in [0.15, 0.2) is 0 Å². The lowest BCUT2D eigenvalue weighted by atomic mass is 10.0. The molecule has 24 heavy (non-hydrogen) atoms. The fourth-order valence-corrected chi connectivity index (χ4v) is 2.05. The molecule has 0 aromatic heterocycles. The summed E-state index contributed by atoms with van der Waals surface area (Å²) < 4.78 is 20.4. The molecule has 1 rings (SSSR count). The molecule has 0 spiro atoms. The summed E-state index contributed by atoms with van der Waals surface area (Å²) in [6.07, 6.45) is -0.522. The van der Waals surface area contributed by atoms with E-state index < -0.39 is 23.7 Å². The van der Waals surface area contributed by atoms with Gasteiger partial charge >= 0.3 is 12.1 Å². The molecule has 1 N–H and O–H groups in total. The highest BCUT2D eigenvalue weighted by atomic mass is 16.6. The number of methoxy groups -OCH3 is 3. The van der Waals surface area contributed by atoms with Crippen LogP contribution in [0.5, 0.6) is 11.5 Å². The molecule has 0 bridgehead atoms. The van der Waals surface area contributed by atoms with E-state index >= 15 is 0 Å². The maximum atomic E-state index is 12.0. The highest BCUT2D eigenvalue weighted by Gasteiger charge is 2.26. The molecule has 0 heterocycles. The first-order chi connectivity index (χ1) is 11.2. The number of alkyl carbamates (subject to hydrolysis) is 1. The van der Waals surface area contributed by atoms with E-state index in [1.807, 2.05) is 0 Å². The first kappa shape index (κ1) is 19.6. The summed E-state index contributed by atoms with van der Waals surface area (Å²) >= 11 is 0. The lowest BCUT2D eigenvalue weighted by Crippen LogP contribution is -2.45. The van der Waals surface area contributed by atoms with Crippen molar-refractivity contribution in [3.8, 4) is 11.5 Å². The summed E-state index contributed by atoms with van der Waals surface area (Å²) in [6, 6.07) is 4.31. The van der Waals surface area contributed by atoms with Crippen LogP contribution in [0.15, 0.2) is 18.2 Å². The van der Waals surface area contributed by atoms with Crippen molar-refractivity contribution in [2.75, 3.05) is 21.3 Å². The fraction of sp³-hybridized carbons (Fsp3) is 0.529. The minimum absolute atomic E-state index is 0.173. The largest absolute Gasteiger partial charge is 0.497 e. The molecule has 7 nitrogen and oxygen atoms in total. The zero-order chi connectivity index (χ0) is 18.3. The first-order valence-electron chi connectivity index (χ1n) is 7.48. The van der Waals surface area contributed by atoms with Crippen LogP contribution in [0.4, 0.5) is 4.79 Å². The van der Waals surface area contributed by atoms with Gasteiger partial charge in [-0.25, -0.2) is 9.59 Å². The zero-order valence-electron chi connectivity index (χ0n) is 15.0. The number of nitrogens with one attached hydrogen (secondary N) is 1. The van der Waals surface area contributed by atoms with Crippen LogP contribution in [0, 0.1) is 0 Å². The normalized spacial score (nSPS) is 12.1. The van der Waals surface area contributed by atoms with Gasteiger partial charge in [-0.3, -0.25) is 0 Å². The second kappa shape index (κ2) is 8.42. The van der Waals surface area contributed by atoms with E-state index in [9.17, 15) is 9.59 Å². The number of carbonyl (C=O) groups is 2. The smallest absolute Gasteiger partial charge is 0.408 e. The van der Waals surface area contributed by atoms with Crippen molar-refractivity contribution < 1.29 is 28.5 Å². The predicted molar refractivity (Wildman–Crippen MR) is 88.4 cm³/mol. The van der Waals surface area contributed by atoms with Crippen molar-refractivity contribution in [2.45, 2.75) is 38.8 Å². The zero-order valence-corrected chi connectivity index (χ0v) is 15.0. The third-order valence-electron chi connectivity index (χ3n) is 3.09. The van der Waals surface area contributed by atoms with Gasteiger partial charge in [0.25, 0.3) is 0 Å². The quantitative estimate of drug-likeness (QED) is 0.801. The number of benzene rings is 1. The molecule has 7 heteroatoms. The summed E-state index contributed by atoms with van der Waals surface area (Å²) in [4.78, 5) is 24.0. The highest BCUT2D eigenvalue weighted by molar-refractivity contribution is 5.81. The molecule has 0 saturated heterocycles. The van der Waals surface area contributed by atoms with Crippen molar-refractivity contribution in [1.29, 1.82) is 0 Å². The minimum Gasteiger partial charge on any atom is -0.497 e. The molecule has 0 radical (unpaired) electrons. The Morgan fingerprint density at radius 3 is 2.29 bits per heavy atom. The van der Waals surface area contributed by atoms with Gasteiger partial charge in [-0.05, 0) is 39.0 Å². The molecule has 0 aliphatic carbocycles. The van der Waals surface area contributed by atoms with Crippen LogP contribution in [-0.2, 0) is 20.7 Å². The summed E-state index contributed by atoms with van der Waals surface area (Å²) in [7, 11) is 4.33. The molecule has 1 amide bonds. The molecule has 0 fully saturated rings. The van der Waals surface area contributed by atoms with Crippen LogP contribution in [0.25, 0.3) is 0 Å². The molecule has 0 aliphatic rings. The van der Waals surface area contributed by atoms with Gasteiger partial charge in [0, 0.05) is 12.0 Å². The van der Waals surface area contributed by atoms with Crippen LogP contribution in [0.3, 0.4) is 0 Å². The minimum atomic E-state index is -0.911. The average molecular weight is 339 g/mol. The number of hydrogen-bond acceptors (Lipinski definition) is 6. The van der Waals surface area contributed by atoms with Crippen molar-refractivity contribution >= 4 is 12.1 Å². The lowest BCUT2D eigenvalue weighted by molar-refractivity contribution is -0.143. The van der Waals surface area contributed by atoms with Crippen molar-refractivity contribution in [3.05, 3.63) is 23.8 Å². The Morgan fingerprint density at radius 2 is 1.79 bits per heavy atom. The molecule has 0 saturated carbocycles. The van der Waals surface area contributed by atoms with Gasteiger partial charge in [-0.2, -0.15) is 0 Å². The summed E-state index contributed by atoms with van der Waals surface area (Å²) in [5.74, 6) is 0.619. The van der Waals surface area contributed by atoms with Crippen LogP contribution in [0.2, 0.25) is 0 Å². The predicted octanol–water partition coefficient (Wildman–Crippen LogP) is 2.31. The summed E-state index contributed by atoms with van der Waals surface area (Å²) in [5, 5.41) is 2.53. The van der Waals surface area contributed by atoms with E-state index in [0.717, 1.165) is 0 Å². The molecule has 0 aliphatic heterocycles. The van der Waals surface area contributed by atoms with Crippen LogP contribution in [-0.4, -0.2) is 45.0 Å². The van der Waals surface area contributed by atoms with Gasteiger partial charge in [0.05, 0.1) is 21.3 Å². The van der Waals surface area contributed by atoms with Crippen molar-refractivity contribution in [2.24, 2.45) is 0 Å². The van der Waals surface area contributed by atoms with Gasteiger partial charge < -0.3 is 24.3 Å². The van der Waals surface area contributed by atoms with Crippen LogP contribution >= 0.6 is 0 Å². The Morgan fingerprint density at radius 1 is 1.12 bits per heavy atom. The van der Waals surface area contributed by atoms with Gasteiger partial charge in [0.1, 0.15) is 23.1 Å². The molecular formula is C17H25NO6. The first-order valence-corrected chi connectivity index (χ1v) is 7.48. The van der Waals surface area contributed by atoms with E-state index in [4.69, 9.17) is 18.9 Å². The Kier molecular flexibility index (Phi) is 6.88. The van der Waals surface area contributed by atoms with Gasteiger partial charge in [-0.15, -0.1) is 0 Å². The van der Waals surface area contributed by atoms with Crippen molar-refractivity contribution in [1.82, 2.24) is 5.32 Å². The number of carbonyl (C=O) groups excluding carboxylic acids is 2. The number of rotatable bonds is 6. The van der Waals surface area contributed by atoms with E-state index in [0.29, 0.717) is 17.1 Å². The monoisotopic (exact) mass is 339 g/mol. The fourth-order valence-electron chi connectivity index (χ4n) is 2.05. The van der Waals surface area contributed by atoms with Gasteiger partial charge in [-0.1, -0.05) is 0 Å². The van der Waals surface area contributed by atoms with Crippen molar-refractivity contribution in [3.63, 3.8) is 0 Å². The van der Waals surface area contributed by atoms with E-state index in [1.165, 1.54) is 14.2 Å². The third-order valence-corrected chi connectivity index (χ3v) is 3.09. The molecule has 134 valence electrons. The summed E-state index contributed by atoms with van der Waals surface area (Å²) in [5.41, 5.74) is 0.0293. The SMILES string of the molecule is COC(=O)C(Cc1cc(OC)ccc1OC)NC(=O)OC(C)(C)C. The maximum absolute atomic E-state index is 12.0. The van der Waals surface area contributed by atoms with Crippen LogP contribution < -0.4 is 14.8 Å². The molecule has 1 aromatic carbocycles. The standard InChI is InChI=1S/C17H25NO6/c1-17(2,3)24-16(20)18-13(15(19)23-6)10-11-9-12(21-4)7-8-14(11)22-5/h7-9,13H,10H2,1-6H3,(H,18,20). The third kappa shape index (κ3) is 5.98. The number of ether oxygens (including phenoxy) is 4. The average Bonchev–Trinajstić information content (AvgIpc) is 2.51. The van der Waals surface area contributed by atoms with Crippen LogP contribution in [0.1, 0.15) is 26.3 Å². The molecule has 1 unspecified atom stereocenters. The summed E-state index contributed by atoms with van der Waals surface area (Å²) in [6.45, 7) is 5.22. The second-order valence-corrected chi connectivity index (χ2v) is 6.10. The Balaban J connectivity index is 2.98. The molecular weight excluding hydrogens is 314 g/mol. The Hall–Kier alpha value is -2.44. The molecule has 1 atom stereocenters. The lowest BCUT2D eigenvalue weighted by Gasteiger charge is -2.23. The Bertz CT molecular complexity index is 579.